The highest BCUT2D eigenvalue weighted by Gasteiger charge is 2.23. The van der Waals surface area contributed by atoms with Crippen LogP contribution in [0.25, 0.3) is 22.1 Å². The van der Waals surface area contributed by atoms with Crippen molar-refractivity contribution in [3.05, 3.63) is 46.9 Å². The molecule has 2 heterocycles. The molecule has 0 spiro atoms. The Morgan fingerprint density at radius 1 is 1.12 bits per heavy atom. The highest BCUT2D eigenvalue weighted by Crippen LogP contribution is 2.27. The zero-order valence-corrected chi connectivity index (χ0v) is 21.1. The maximum absolute atomic E-state index is 12.9. The summed E-state index contributed by atoms with van der Waals surface area (Å²) < 4.78 is 28.1. The molecule has 0 aliphatic rings. The third-order valence-corrected chi connectivity index (χ3v) is 8.38. The maximum Gasteiger partial charge on any atom is 0.243 e. The number of rotatable bonds is 8. The largest absolute Gasteiger partial charge is 0.338 e. The molecule has 172 valence electrons. The second kappa shape index (κ2) is 9.75. The number of fused-ring (bicyclic) bond motifs is 3. The summed E-state index contributed by atoms with van der Waals surface area (Å²) >= 11 is 4.52. The third-order valence-electron chi connectivity index (χ3n) is 4.97. The van der Waals surface area contributed by atoms with Gasteiger partial charge in [0.15, 0.2) is 5.65 Å². The molecule has 0 radical (unpaired) electrons. The van der Waals surface area contributed by atoms with Crippen molar-refractivity contribution in [2.45, 2.75) is 23.9 Å². The van der Waals surface area contributed by atoms with Crippen molar-refractivity contribution >= 4 is 71.4 Å². The number of amides is 1. The number of aromatic amines is 1. The van der Waals surface area contributed by atoms with E-state index in [1.807, 2.05) is 12.1 Å². The van der Waals surface area contributed by atoms with E-state index in [0.717, 1.165) is 16.2 Å². The van der Waals surface area contributed by atoms with Gasteiger partial charge >= 0.3 is 0 Å². The van der Waals surface area contributed by atoms with Gasteiger partial charge in [-0.1, -0.05) is 41.5 Å². The fraction of sp³-hybridized carbons (Fsp3) is 0.238. The van der Waals surface area contributed by atoms with E-state index < -0.39 is 10.0 Å². The van der Waals surface area contributed by atoms with Gasteiger partial charge in [-0.2, -0.15) is 4.31 Å². The van der Waals surface area contributed by atoms with E-state index in [1.165, 1.54) is 4.31 Å². The lowest BCUT2D eigenvalue weighted by atomic mass is 10.2. The van der Waals surface area contributed by atoms with Gasteiger partial charge in [0.1, 0.15) is 5.52 Å². The number of hydrogen-bond donors (Lipinski definition) is 2. The van der Waals surface area contributed by atoms with Crippen molar-refractivity contribution in [1.29, 1.82) is 0 Å². The highest BCUT2D eigenvalue weighted by atomic mass is 79.9. The molecule has 0 aliphatic carbocycles. The van der Waals surface area contributed by atoms with Gasteiger partial charge in [0.25, 0.3) is 0 Å². The number of hydrogen-bond acceptors (Lipinski definition) is 7. The maximum atomic E-state index is 12.9. The number of anilines is 1. The van der Waals surface area contributed by atoms with E-state index >= 15 is 0 Å². The lowest BCUT2D eigenvalue weighted by Gasteiger charge is -2.18. The Morgan fingerprint density at radius 3 is 2.55 bits per heavy atom. The van der Waals surface area contributed by atoms with Crippen LogP contribution in [0.3, 0.4) is 0 Å². The molecule has 33 heavy (non-hydrogen) atoms. The summed E-state index contributed by atoms with van der Waals surface area (Å²) in [7, 11) is -3.59. The predicted molar refractivity (Wildman–Crippen MR) is 133 cm³/mol. The predicted octanol–water partition coefficient (Wildman–Crippen LogP) is 4.03. The van der Waals surface area contributed by atoms with Gasteiger partial charge in [-0.05, 0) is 42.5 Å². The number of H-pyrrole nitrogens is 1. The molecule has 0 fully saturated rings. The molecular weight excluding hydrogens is 528 g/mol. The van der Waals surface area contributed by atoms with Crippen LogP contribution in [0, 0.1) is 0 Å². The molecule has 9 nitrogen and oxygen atoms in total. The Balaban J connectivity index is 1.53. The zero-order valence-electron chi connectivity index (χ0n) is 17.9. The Hall–Kier alpha value is -2.54. The number of nitrogens with zero attached hydrogens (tertiary/aromatic N) is 4. The van der Waals surface area contributed by atoms with Crippen LogP contribution >= 0.6 is 27.7 Å². The van der Waals surface area contributed by atoms with Crippen LogP contribution in [0.4, 0.5) is 5.69 Å². The summed E-state index contributed by atoms with van der Waals surface area (Å²) in [5.41, 5.74) is 2.36. The molecule has 1 amide bonds. The van der Waals surface area contributed by atoms with Crippen molar-refractivity contribution in [2.75, 3.05) is 24.2 Å². The van der Waals surface area contributed by atoms with Crippen molar-refractivity contribution < 1.29 is 13.2 Å². The standard InChI is InChI=1S/C21H21BrN6O3S2/c1-3-28(4-2)33(30,31)15-9-10-17-16(11-15)19-20(24-17)25-21(27-26-19)32-12-18(29)23-14-7-5-13(22)6-8-14/h5-11H,3-4,12H2,1-2H3,(H,23,29)(H,24,25,27). The lowest BCUT2D eigenvalue weighted by molar-refractivity contribution is -0.113. The second-order valence-corrected chi connectivity index (χ2v) is 10.9. The third kappa shape index (κ3) is 5.03. The minimum Gasteiger partial charge on any atom is -0.338 e. The molecule has 0 saturated heterocycles. The van der Waals surface area contributed by atoms with Crippen molar-refractivity contribution in [3.63, 3.8) is 0 Å². The van der Waals surface area contributed by atoms with Gasteiger partial charge in [-0.15, -0.1) is 10.2 Å². The average molecular weight is 549 g/mol. The van der Waals surface area contributed by atoms with Gasteiger partial charge in [0.2, 0.25) is 21.1 Å². The van der Waals surface area contributed by atoms with Crippen molar-refractivity contribution in [2.24, 2.45) is 0 Å². The Labute approximate surface area is 203 Å². The fourth-order valence-corrected chi connectivity index (χ4v) is 5.67. The summed E-state index contributed by atoms with van der Waals surface area (Å²) in [6.45, 7) is 4.39. The van der Waals surface area contributed by atoms with Crippen LogP contribution in [0.2, 0.25) is 0 Å². The van der Waals surface area contributed by atoms with Gasteiger partial charge in [0.05, 0.1) is 10.6 Å². The quantitative estimate of drug-likeness (QED) is 0.319. The monoisotopic (exact) mass is 548 g/mol. The first-order valence-corrected chi connectivity index (χ1v) is 13.4. The Bertz CT molecular complexity index is 1420. The van der Waals surface area contributed by atoms with Crippen LogP contribution in [0.1, 0.15) is 13.8 Å². The lowest BCUT2D eigenvalue weighted by Crippen LogP contribution is -2.30. The van der Waals surface area contributed by atoms with E-state index in [9.17, 15) is 13.2 Å². The molecule has 0 unspecified atom stereocenters. The van der Waals surface area contributed by atoms with E-state index in [-0.39, 0.29) is 16.6 Å². The molecule has 0 saturated carbocycles. The van der Waals surface area contributed by atoms with Gasteiger partial charge in [-0.25, -0.2) is 13.4 Å². The van der Waals surface area contributed by atoms with Crippen LogP contribution < -0.4 is 5.32 Å². The highest BCUT2D eigenvalue weighted by molar-refractivity contribution is 9.10. The number of halogens is 1. The first kappa shape index (κ1) is 23.6. The second-order valence-electron chi connectivity index (χ2n) is 7.06. The van der Waals surface area contributed by atoms with Crippen molar-refractivity contribution in [3.8, 4) is 0 Å². The van der Waals surface area contributed by atoms with Crippen LogP contribution in [-0.2, 0) is 14.8 Å². The summed E-state index contributed by atoms with van der Waals surface area (Å²) in [6, 6.07) is 12.2. The van der Waals surface area contributed by atoms with E-state index in [2.05, 4.69) is 41.4 Å². The molecule has 4 rings (SSSR count). The molecule has 0 atom stereocenters. The van der Waals surface area contributed by atoms with Crippen LogP contribution in [0.5, 0.6) is 0 Å². The fourth-order valence-electron chi connectivity index (χ4n) is 3.33. The summed E-state index contributed by atoms with van der Waals surface area (Å²) in [6.07, 6.45) is 0. The van der Waals surface area contributed by atoms with Crippen molar-refractivity contribution in [1.82, 2.24) is 24.5 Å². The molecule has 4 aromatic rings. The number of carbonyl (C=O) groups excluding carboxylic acids is 1. The Morgan fingerprint density at radius 2 is 1.85 bits per heavy atom. The number of benzene rings is 2. The SMILES string of the molecule is CCN(CC)S(=O)(=O)c1ccc2[nH]c3nc(SCC(=O)Nc4ccc(Br)cc4)nnc3c2c1. The van der Waals surface area contributed by atoms with E-state index in [4.69, 9.17) is 0 Å². The summed E-state index contributed by atoms with van der Waals surface area (Å²) in [5, 5.41) is 12.1. The first-order chi connectivity index (χ1) is 15.8. The minimum absolute atomic E-state index is 0.121. The summed E-state index contributed by atoms with van der Waals surface area (Å²) in [5.74, 6) is -0.0654. The van der Waals surface area contributed by atoms with Gasteiger partial charge < -0.3 is 10.3 Å². The topological polar surface area (TPSA) is 121 Å². The molecule has 2 aromatic heterocycles. The minimum atomic E-state index is -3.59. The molecule has 12 heteroatoms. The molecule has 0 bridgehead atoms. The smallest absolute Gasteiger partial charge is 0.243 e. The molecule has 0 aliphatic heterocycles. The van der Waals surface area contributed by atoms with E-state index in [1.54, 1.807) is 44.2 Å². The molecule has 2 N–H and O–H groups in total. The first-order valence-electron chi connectivity index (χ1n) is 10.2. The molecular formula is C21H21BrN6O3S2. The van der Waals surface area contributed by atoms with Crippen LogP contribution in [0.15, 0.2) is 57.0 Å². The number of aromatic nitrogens is 4. The average Bonchev–Trinajstić information content (AvgIpc) is 3.17. The zero-order chi connectivity index (χ0) is 23.6. The van der Waals surface area contributed by atoms with Crippen LogP contribution in [-0.4, -0.2) is 57.6 Å². The molecule has 2 aromatic carbocycles. The van der Waals surface area contributed by atoms with E-state index in [0.29, 0.717) is 46.0 Å². The Kier molecular flexibility index (Phi) is 6.98. The number of nitrogens with one attached hydrogen (secondary N) is 2. The van der Waals surface area contributed by atoms with Gasteiger partial charge in [-0.3, -0.25) is 4.79 Å². The number of thioether (sulfide) groups is 1. The number of carbonyl (C=O) groups is 1. The normalized spacial score (nSPS) is 12.0. The summed E-state index contributed by atoms with van der Waals surface area (Å²) in [4.78, 5) is 20.0. The number of sulfonamides is 1. The van der Waals surface area contributed by atoms with Gasteiger partial charge in [0, 0.05) is 34.2 Å².